The van der Waals surface area contributed by atoms with Crippen molar-refractivity contribution in [2.24, 2.45) is 0 Å². The summed E-state index contributed by atoms with van der Waals surface area (Å²) in [5, 5.41) is 4.20. The lowest BCUT2D eigenvalue weighted by Gasteiger charge is -2.19. The first-order valence-corrected chi connectivity index (χ1v) is 5.80. The van der Waals surface area contributed by atoms with Crippen LogP contribution in [0.2, 0.25) is 0 Å². The van der Waals surface area contributed by atoms with Crippen molar-refractivity contribution in [3.63, 3.8) is 0 Å². The molecule has 0 unspecified atom stereocenters. The Morgan fingerprint density at radius 1 is 1.29 bits per heavy atom. The number of benzene rings is 1. The molecule has 2 nitrogen and oxygen atoms in total. The normalized spacial score (nSPS) is 12.3. The summed E-state index contributed by atoms with van der Waals surface area (Å²) in [7, 11) is 0. The van der Waals surface area contributed by atoms with E-state index in [0.717, 1.165) is 16.7 Å². The summed E-state index contributed by atoms with van der Waals surface area (Å²) in [4.78, 5) is 0. The Kier molecular flexibility index (Phi) is 2.96. The van der Waals surface area contributed by atoms with Crippen molar-refractivity contribution in [2.45, 2.75) is 39.8 Å². The van der Waals surface area contributed by atoms with Crippen LogP contribution in [0.1, 0.15) is 32.1 Å². The Morgan fingerprint density at radius 2 is 2.00 bits per heavy atom. The predicted octanol–water partition coefficient (Wildman–Crippen LogP) is 3.77. The maximum absolute atomic E-state index is 13.5. The molecule has 92 valence electrons. The van der Waals surface area contributed by atoms with Gasteiger partial charge in [-0.15, -0.1) is 0 Å². The standard InChI is InChI=1S/C14H18FNO/c1-9-10-6-5-7-11(15)13(10)17-12(9)8-16-14(2,3)4/h5-7,16H,8H2,1-4H3. The summed E-state index contributed by atoms with van der Waals surface area (Å²) >= 11 is 0. The van der Waals surface area contributed by atoms with Crippen molar-refractivity contribution in [2.75, 3.05) is 0 Å². The number of furan rings is 1. The van der Waals surface area contributed by atoms with E-state index in [2.05, 4.69) is 26.1 Å². The predicted molar refractivity (Wildman–Crippen MR) is 67.5 cm³/mol. The Hall–Kier alpha value is -1.35. The van der Waals surface area contributed by atoms with E-state index in [-0.39, 0.29) is 11.4 Å². The molecule has 0 saturated heterocycles. The molecule has 0 saturated carbocycles. The number of fused-ring (bicyclic) bond motifs is 1. The summed E-state index contributed by atoms with van der Waals surface area (Å²) in [6.07, 6.45) is 0. The molecule has 0 fully saturated rings. The summed E-state index contributed by atoms with van der Waals surface area (Å²) in [6, 6.07) is 5.02. The van der Waals surface area contributed by atoms with Gasteiger partial charge in [-0.1, -0.05) is 12.1 Å². The molecule has 0 atom stereocenters. The van der Waals surface area contributed by atoms with Crippen LogP contribution in [0.15, 0.2) is 22.6 Å². The molecular weight excluding hydrogens is 217 g/mol. The highest BCUT2D eigenvalue weighted by Crippen LogP contribution is 2.27. The highest BCUT2D eigenvalue weighted by molar-refractivity contribution is 5.82. The van der Waals surface area contributed by atoms with Crippen molar-refractivity contribution in [1.29, 1.82) is 0 Å². The molecule has 3 heteroatoms. The second-order valence-corrected chi connectivity index (χ2v) is 5.37. The van der Waals surface area contributed by atoms with Gasteiger partial charge >= 0.3 is 0 Å². The highest BCUT2D eigenvalue weighted by atomic mass is 19.1. The van der Waals surface area contributed by atoms with E-state index in [9.17, 15) is 4.39 Å². The van der Waals surface area contributed by atoms with Gasteiger partial charge in [0.05, 0.1) is 6.54 Å². The molecule has 1 N–H and O–H groups in total. The third kappa shape index (κ3) is 2.50. The molecule has 17 heavy (non-hydrogen) atoms. The molecule has 0 aliphatic heterocycles. The maximum Gasteiger partial charge on any atom is 0.170 e. The molecule has 0 radical (unpaired) electrons. The van der Waals surface area contributed by atoms with E-state index >= 15 is 0 Å². The molecular formula is C14H18FNO. The number of rotatable bonds is 2. The maximum atomic E-state index is 13.5. The van der Waals surface area contributed by atoms with Crippen molar-refractivity contribution < 1.29 is 8.81 Å². The van der Waals surface area contributed by atoms with Crippen LogP contribution in [-0.4, -0.2) is 5.54 Å². The van der Waals surface area contributed by atoms with E-state index in [1.807, 2.05) is 13.0 Å². The van der Waals surface area contributed by atoms with Gasteiger partial charge in [0, 0.05) is 10.9 Å². The average molecular weight is 235 g/mol. The van der Waals surface area contributed by atoms with Crippen molar-refractivity contribution in [3.05, 3.63) is 35.3 Å². The minimum Gasteiger partial charge on any atom is -0.456 e. The molecule has 2 aromatic rings. The quantitative estimate of drug-likeness (QED) is 0.857. The first-order chi connectivity index (χ1) is 7.88. The SMILES string of the molecule is Cc1c(CNC(C)(C)C)oc2c(F)cccc12. The molecule has 0 bridgehead atoms. The van der Waals surface area contributed by atoms with Gasteiger partial charge in [-0.25, -0.2) is 4.39 Å². The van der Waals surface area contributed by atoms with Crippen LogP contribution in [0.3, 0.4) is 0 Å². The van der Waals surface area contributed by atoms with Crippen LogP contribution in [0.4, 0.5) is 4.39 Å². The van der Waals surface area contributed by atoms with Gasteiger partial charge in [0.25, 0.3) is 0 Å². The Balaban J connectivity index is 2.36. The van der Waals surface area contributed by atoms with Crippen LogP contribution < -0.4 is 5.32 Å². The zero-order chi connectivity index (χ0) is 12.6. The fraction of sp³-hybridized carbons (Fsp3) is 0.429. The van der Waals surface area contributed by atoms with Gasteiger partial charge in [0.15, 0.2) is 11.4 Å². The number of hydrogen-bond acceptors (Lipinski definition) is 2. The van der Waals surface area contributed by atoms with E-state index in [1.165, 1.54) is 6.07 Å². The number of hydrogen-bond donors (Lipinski definition) is 1. The molecule has 0 aliphatic rings. The average Bonchev–Trinajstić information content (AvgIpc) is 2.54. The first-order valence-electron chi connectivity index (χ1n) is 5.80. The Bertz CT molecular complexity index is 537. The zero-order valence-corrected chi connectivity index (χ0v) is 10.7. The number of aryl methyl sites for hydroxylation is 1. The lowest BCUT2D eigenvalue weighted by molar-refractivity contribution is 0.392. The number of para-hydroxylation sites is 1. The molecule has 0 spiro atoms. The van der Waals surface area contributed by atoms with Gasteiger partial charge in [-0.05, 0) is 39.3 Å². The minimum atomic E-state index is -0.299. The summed E-state index contributed by atoms with van der Waals surface area (Å²) in [5.41, 5.74) is 1.39. The third-order valence-corrected chi connectivity index (χ3v) is 2.79. The minimum absolute atomic E-state index is 0.0178. The first kappa shape index (κ1) is 12.1. The molecule has 0 amide bonds. The Morgan fingerprint density at radius 3 is 2.59 bits per heavy atom. The number of nitrogens with one attached hydrogen (secondary N) is 1. The van der Waals surface area contributed by atoms with Crippen LogP contribution in [-0.2, 0) is 6.54 Å². The number of halogens is 1. The second-order valence-electron chi connectivity index (χ2n) is 5.37. The molecule has 2 rings (SSSR count). The fourth-order valence-electron chi connectivity index (χ4n) is 1.77. The van der Waals surface area contributed by atoms with Crippen molar-refractivity contribution in [1.82, 2.24) is 5.32 Å². The van der Waals surface area contributed by atoms with Crippen molar-refractivity contribution >= 4 is 11.0 Å². The monoisotopic (exact) mass is 235 g/mol. The van der Waals surface area contributed by atoms with E-state index in [0.29, 0.717) is 12.1 Å². The smallest absolute Gasteiger partial charge is 0.170 e. The molecule has 1 aromatic carbocycles. The Labute approximate surface area is 101 Å². The topological polar surface area (TPSA) is 25.2 Å². The van der Waals surface area contributed by atoms with Gasteiger partial charge in [0.2, 0.25) is 0 Å². The van der Waals surface area contributed by atoms with Gasteiger partial charge in [0.1, 0.15) is 5.76 Å². The molecule has 0 aliphatic carbocycles. The van der Waals surface area contributed by atoms with E-state index in [4.69, 9.17) is 4.42 Å². The fourth-order valence-corrected chi connectivity index (χ4v) is 1.77. The van der Waals surface area contributed by atoms with Crippen LogP contribution in [0.25, 0.3) is 11.0 Å². The second kappa shape index (κ2) is 4.15. The van der Waals surface area contributed by atoms with Crippen LogP contribution in [0, 0.1) is 12.7 Å². The van der Waals surface area contributed by atoms with E-state index < -0.39 is 0 Å². The van der Waals surface area contributed by atoms with Gasteiger partial charge in [-0.3, -0.25) is 0 Å². The highest BCUT2D eigenvalue weighted by Gasteiger charge is 2.15. The third-order valence-electron chi connectivity index (χ3n) is 2.79. The largest absolute Gasteiger partial charge is 0.456 e. The summed E-state index contributed by atoms with van der Waals surface area (Å²) in [6.45, 7) is 8.84. The molecule has 1 heterocycles. The summed E-state index contributed by atoms with van der Waals surface area (Å²) < 4.78 is 19.1. The van der Waals surface area contributed by atoms with Crippen molar-refractivity contribution in [3.8, 4) is 0 Å². The van der Waals surface area contributed by atoms with E-state index in [1.54, 1.807) is 6.07 Å². The summed E-state index contributed by atoms with van der Waals surface area (Å²) in [5.74, 6) is 0.507. The van der Waals surface area contributed by atoms with Crippen LogP contribution >= 0.6 is 0 Å². The van der Waals surface area contributed by atoms with Crippen LogP contribution in [0.5, 0.6) is 0 Å². The zero-order valence-electron chi connectivity index (χ0n) is 10.7. The molecule has 1 aromatic heterocycles. The van der Waals surface area contributed by atoms with Gasteiger partial charge in [-0.2, -0.15) is 0 Å². The van der Waals surface area contributed by atoms with Gasteiger partial charge < -0.3 is 9.73 Å². The lowest BCUT2D eigenvalue weighted by atomic mass is 10.1. The lowest BCUT2D eigenvalue weighted by Crippen LogP contribution is -2.35.